The second-order valence-corrected chi connectivity index (χ2v) is 2.83. The number of nitrogens with zero attached hydrogens (tertiary/aromatic N) is 2. The van der Waals surface area contributed by atoms with Crippen molar-refractivity contribution in [2.75, 3.05) is 0 Å². The topological polar surface area (TPSA) is 41.8 Å². The molecule has 0 atom stereocenters. The lowest BCUT2D eigenvalue weighted by molar-refractivity contribution is -0.107. The van der Waals surface area contributed by atoms with Gasteiger partial charge in [0, 0.05) is 5.56 Å². The third-order valence-corrected chi connectivity index (χ3v) is 1.89. The normalized spacial score (nSPS) is 15.6. The van der Waals surface area contributed by atoms with Crippen LogP contribution in [0.25, 0.3) is 0 Å². The Morgan fingerprint density at radius 2 is 1.77 bits per heavy atom. The summed E-state index contributed by atoms with van der Waals surface area (Å²) in [6, 6.07) is 9.35. The number of carbonyl (C=O) groups is 1. The first-order chi connectivity index (χ1) is 6.29. The average molecular weight is 172 g/mol. The van der Waals surface area contributed by atoms with E-state index >= 15 is 0 Å². The highest BCUT2D eigenvalue weighted by atomic mass is 16.1. The molecule has 64 valence electrons. The van der Waals surface area contributed by atoms with Crippen LogP contribution in [0, 0.1) is 0 Å². The number of hydrogen-bond donors (Lipinski definition) is 0. The van der Waals surface area contributed by atoms with Crippen LogP contribution in [0.2, 0.25) is 0 Å². The number of Topliss-reactive ketones (excluding diaryl/α,β-unsaturated/α-hetero) is 1. The standard InChI is InChI=1S/C10H8N2O/c1-7-10(13)9(12-11-7)8-5-3-2-4-6-8/h2-6H,1H3. The van der Waals surface area contributed by atoms with Crippen LogP contribution in [0.5, 0.6) is 0 Å². The molecule has 13 heavy (non-hydrogen) atoms. The van der Waals surface area contributed by atoms with E-state index in [4.69, 9.17) is 0 Å². The smallest absolute Gasteiger partial charge is 0.229 e. The molecule has 0 bridgehead atoms. The predicted molar refractivity (Wildman–Crippen MR) is 51.1 cm³/mol. The molecule has 1 aliphatic heterocycles. The lowest BCUT2D eigenvalue weighted by Gasteiger charge is -1.96. The van der Waals surface area contributed by atoms with Gasteiger partial charge in [-0.25, -0.2) is 0 Å². The summed E-state index contributed by atoms with van der Waals surface area (Å²) in [6.07, 6.45) is 0. The monoisotopic (exact) mass is 172 g/mol. The fourth-order valence-corrected chi connectivity index (χ4v) is 1.17. The van der Waals surface area contributed by atoms with E-state index in [9.17, 15) is 4.79 Å². The van der Waals surface area contributed by atoms with Crippen molar-refractivity contribution < 1.29 is 4.79 Å². The van der Waals surface area contributed by atoms with Gasteiger partial charge in [0.2, 0.25) is 5.78 Å². The van der Waals surface area contributed by atoms with Crippen molar-refractivity contribution in [3.05, 3.63) is 35.9 Å². The minimum atomic E-state index is -0.0776. The van der Waals surface area contributed by atoms with Gasteiger partial charge in [-0.15, -0.1) is 5.10 Å². The van der Waals surface area contributed by atoms with E-state index in [1.165, 1.54) is 0 Å². The summed E-state index contributed by atoms with van der Waals surface area (Å²) in [4.78, 5) is 11.4. The second kappa shape index (κ2) is 2.94. The number of ketones is 1. The summed E-state index contributed by atoms with van der Waals surface area (Å²) in [5, 5.41) is 7.55. The highest BCUT2D eigenvalue weighted by molar-refractivity contribution is 6.70. The van der Waals surface area contributed by atoms with Crippen LogP contribution < -0.4 is 0 Å². The van der Waals surface area contributed by atoms with E-state index in [0.29, 0.717) is 11.4 Å². The molecule has 0 aliphatic carbocycles. The van der Waals surface area contributed by atoms with Gasteiger partial charge >= 0.3 is 0 Å². The Balaban J connectivity index is 2.38. The Hall–Kier alpha value is -1.77. The summed E-state index contributed by atoms with van der Waals surface area (Å²) in [5.74, 6) is -0.0776. The van der Waals surface area contributed by atoms with Crippen molar-refractivity contribution in [1.29, 1.82) is 0 Å². The fraction of sp³-hybridized carbons (Fsp3) is 0.100. The van der Waals surface area contributed by atoms with Crippen molar-refractivity contribution in [2.45, 2.75) is 6.92 Å². The molecule has 0 saturated carbocycles. The summed E-state index contributed by atoms with van der Waals surface area (Å²) >= 11 is 0. The third-order valence-electron chi connectivity index (χ3n) is 1.89. The highest BCUT2D eigenvalue weighted by Gasteiger charge is 2.21. The minimum Gasteiger partial charge on any atom is -0.285 e. The molecule has 0 saturated heterocycles. The summed E-state index contributed by atoms with van der Waals surface area (Å²) in [5.41, 5.74) is 1.73. The van der Waals surface area contributed by atoms with Gasteiger partial charge < -0.3 is 0 Å². The Morgan fingerprint density at radius 1 is 1.08 bits per heavy atom. The molecule has 0 unspecified atom stereocenters. The molecule has 1 aromatic rings. The molecular weight excluding hydrogens is 164 g/mol. The summed E-state index contributed by atoms with van der Waals surface area (Å²) in [7, 11) is 0. The van der Waals surface area contributed by atoms with Gasteiger partial charge in [0.25, 0.3) is 0 Å². The van der Waals surface area contributed by atoms with Gasteiger partial charge in [-0.2, -0.15) is 5.10 Å². The van der Waals surface area contributed by atoms with Crippen molar-refractivity contribution in [3.63, 3.8) is 0 Å². The molecule has 2 rings (SSSR count). The molecule has 0 N–H and O–H groups in total. The summed E-state index contributed by atoms with van der Waals surface area (Å²) in [6.45, 7) is 1.67. The lowest BCUT2D eigenvalue weighted by atomic mass is 10.1. The molecule has 1 aromatic carbocycles. The van der Waals surface area contributed by atoms with E-state index in [2.05, 4.69) is 10.2 Å². The Kier molecular flexibility index (Phi) is 1.77. The molecule has 0 amide bonds. The first kappa shape index (κ1) is 7.86. The quantitative estimate of drug-likeness (QED) is 0.631. The second-order valence-electron chi connectivity index (χ2n) is 2.83. The van der Waals surface area contributed by atoms with Gasteiger partial charge in [-0.1, -0.05) is 30.3 Å². The lowest BCUT2D eigenvalue weighted by Crippen LogP contribution is -2.17. The first-order valence-corrected chi connectivity index (χ1v) is 4.01. The predicted octanol–water partition coefficient (Wildman–Crippen LogP) is 1.43. The third kappa shape index (κ3) is 1.28. The van der Waals surface area contributed by atoms with Crippen LogP contribution >= 0.6 is 0 Å². The molecule has 0 spiro atoms. The van der Waals surface area contributed by atoms with E-state index in [-0.39, 0.29) is 5.78 Å². The Bertz CT molecular complexity index is 404. The molecule has 0 radical (unpaired) electrons. The molecule has 1 heterocycles. The molecule has 0 aromatic heterocycles. The molecule has 3 nitrogen and oxygen atoms in total. The van der Waals surface area contributed by atoms with Crippen LogP contribution in [-0.2, 0) is 4.79 Å². The Morgan fingerprint density at radius 3 is 2.31 bits per heavy atom. The van der Waals surface area contributed by atoms with Crippen molar-refractivity contribution >= 4 is 17.2 Å². The first-order valence-electron chi connectivity index (χ1n) is 4.01. The fourth-order valence-electron chi connectivity index (χ4n) is 1.17. The maximum absolute atomic E-state index is 11.4. The number of hydrogen-bond acceptors (Lipinski definition) is 3. The number of rotatable bonds is 1. The van der Waals surface area contributed by atoms with Gasteiger partial charge in [-0.3, -0.25) is 4.79 Å². The Labute approximate surface area is 75.8 Å². The SMILES string of the molecule is CC1=NN=C(c2ccccc2)C1=O. The van der Waals surface area contributed by atoms with Crippen molar-refractivity contribution in [1.82, 2.24) is 0 Å². The van der Waals surface area contributed by atoms with Crippen LogP contribution in [0.1, 0.15) is 12.5 Å². The van der Waals surface area contributed by atoms with Crippen LogP contribution in [0.4, 0.5) is 0 Å². The zero-order valence-electron chi connectivity index (χ0n) is 7.19. The zero-order chi connectivity index (χ0) is 9.26. The van der Waals surface area contributed by atoms with E-state index in [1.54, 1.807) is 6.92 Å². The van der Waals surface area contributed by atoms with Crippen molar-refractivity contribution in [2.24, 2.45) is 10.2 Å². The number of benzene rings is 1. The molecule has 3 heteroatoms. The van der Waals surface area contributed by atoms with Gasteiger partial charge in [0.05, 0.1) is 0 Å². The van der Waals surface area contributed by atoms with Crippen LogP contribution in [0.15, 0.2) is 40.5 Å². The maximum Gasteiger partial charge on any atom is 0.229 e. The molecule has 0 fully saturated rings. The molecular formula is C10H8N2O. The van der Waals surface area contributed by atoms with Crippen LogP contribution in [-0.4, -0.2) is 17.2 Å². The van der Waals surface area contributed by atoms with E-state index in [0.717, 1.165) is 5.56 Å². The van der Waals surface area contributed by atoms with E-state index in [1.807, 2.05) is 30.3 Å². The highest BCUT2D eigenvalue weighted by Crippen LogP contribution is 2.08. The van der Waals surface area contributed by atoms with Gasteiger partial charge in [0.15, 0.2) is 0 Å². The van der Waals surface area contributed by atoms with Gasteiger partial charge in [-0.05, 0) is 6.92 Å². The zero-order valence-corrected chi connectivity index (χ0v) is 7.19. The summed E-state index contributed by atoms with van der Waals surface area (Å²) < 4.78 is 0. The van der Waals surface area contributed by atoms with E-state index < -0.39 is 0 Å². The number of carbonyl (C=O) groups excluding carboxylic acids is 1. The average Bonchev–Trinajstić information content (AvgIpc) is 2.49. The van der Waals surface area contributed by atoms with Gasteiger partial charge in [0.1, 0.15) is 11.4 Å². The van der Waals surface area contributed by atoms with Crippen LogP contribution in [0.3, 0.4) is 0 Å². The maximum atomic E-state index is 11.4. The van der Waals surface area contributed by atoms with Crippen molar-refractivity contribution in [3.8, 4) is 0 Å². The molecule has 1 aliphatic rings. The minimum absolute atomic E-state index is 0.0776. The largest absolute Gasteiger partial charge is 0.285 e.